The predicted octanol–water partition coefficient (Wildman–Crippen LogP) is 15.7. The lowest BCUT2D eigenvalue weighted by Crippen LogP contribution is -2.41. The van der Waals surface area contributed by atoms with Crippen molar-refractivity contribution >= 4 is 70.4 Å². The number of amides is 3. The first-order valence-corrected chi connectivity index (χ1v) is 39.0. The number of ketones is 2. The molecule has 0 spiro atoms. The highest BCUT2D eigenvalue weighted by molar-refractivity contribution is 7.80. The van der Waals surface area contributed by atoms with Gasteiger partial charge in [0.1, 0.15) is 29.9 Å². The molecular formula is C92H98ClN5O12S. The molecule has 576 valence electrons. The summed E-state index contributed by atoms with van der Waals surface area (Å²) in [5, 5.41) is 49.2. The van der Waals surface area contributed by atoms with Crippen LogP contribution in [-0.2, 0) is 75.5 Å². The molecule has 5 N–H and O–H groups in total. The SMILES string of the molecule is Cc1cc2c(cc1O)CC1C(=O)N(CCc3ccc(Cl)cc3)C(=S)N1C2.Cc1ccc(CCCC(=O)CCCc2ccc(O)c(O)c2)cc1.Cc1ccc(CCCC(=O)N2CCc3cc(O)c(O)cc3C2)cc1.O=C1/C(=C/c2ccccc2)CN(C(=O)c2ccc(OCCN3CCOCC3)cc2)C/C1=C\c1ccccc1. The Balaban J connectivity index is 0.000000150. The maximum atomic E-state index is 13.5. The number of aromatic hydroxyl groups is 5. The third-order valence-corrected chi connectivity index (χ3v) is 21.3. The quantitative estimate of drug-likeness (QED) is 0.0242. The number of nitrogens with zero attached hydrogens (tertiary/aromatic N) is 5. The first-order chi connectivity index (χ1) is 53.7. The maximum absolute atomic E-state index is 13.5. The summed E-state index contributed by atoms with van der Waals surface area (Å²) >= 11 is 11.5. The van der Waals surface area contributed by atoms with Crippen LogP contribution in [0.25, 0.3) is 12.2 Å². The summed E-state index contributed by atoms with van der Waals surface area (Å²) in [6.07, 6.45) is 12.6. The molecule has 19 heteroatoms. The number of phenolic OH excluding ortho intramolecular Hbond substituents is 5. The van der Waals surface area contributed by atoms with Crippen LogP contribution in [0.3, 0.4) is 0 Å². The zero-order valence-corrected chi connectivity index (χ0v) is 64.9. The van der Waals surface area contributed by atoms with E-state index in [-0.39, 0.29) is 71.4 Å². The van der Waals surface area contributed by atoms with Crippen LogP contribution in [0.4, 0.5) is 0 Å². The van der Waals surface area contributed by atoms with Gasteiger partial charge >= 0.3 is 0 Å². The Morgan fingerprint density at radius 1 is 0.523 bits per heavy atom. The fourth-order valence-corrected chi connectivity index (χ4v) is 14.6. The normalized spacial score (nSPS) is 16.0. The number of halogens is 1. The number of ether oxygens (including phenoxy) is 2. The molecule has 1 unspecified atom stereocenters. The molecule has 5 heterocycles. The van der Waals surface area contributed by atoms with Crippen molar-refractivity contribution in [1.29, 1.82) is 0 Å². The van der Waals surface area contributed by atoms with Crippen molar-refractivity contribution in [1.82, 2.24) is 24.5 Å². The van der Waals surface area contributed by atoms with Gasteiger partial charge in [-0.1, -0.05) is 156 Å². The largest absolute Gasteiger partial charge is 0.508 e. The lowest BCUT2D eigenvalue weighted by molar-refractivity contribution is -0.132. The summed E-state index contributed by atoms with van der Waals surface area (Å²) in [5.41, 5.74) is 15.7. The van der Waals surface area contributed by atoms with E-state index in [0.29, 0.717) is 97.5 Å². The standard InChI is InChI=1S/C32H32N2O4.C20H19ClN2O2S.C20H23NO3.C20H24O3/c35-31-28(21-25-7-3-1-4-8-25)23-34(24-29(31)22-26-9-5-2-6-10-26)32(36)27-11-13-30(14-12-27)38-20-17-33-15-18-37-19-16-33;1-12-8-15-11-23-17(9-14(15)10-18(12)24)19(25)22(20(23)26)7-6-13-2-4-16(21)5-3-13;1-14-5-7-15(8-6-14)3-2-4-20(24)21-10-9-16-11-18(22)19(23)12-17(16)13-21;1-15-8-10-16(11-9-15)4-2-6-18(21)7-3-5-17-12-13-19(22)20(23)14-17/h1-14,21-22H,15-20,23-24H2;2-5,8,10,17,24H,6-7,9,11H2,1H3;5-8,11-12,22-23H,2-4,9-10,13H2,1H3;8-14,22-23H,2-7H2,1H3/b28-21+,29-22+;;;. The first kappa shape index (κ1) is 81.1. The van der Waals surface area contributed by atoms with E-state index >= 15 is 0 Å². The monoisotopic (exact) mass is 1530 g/mol. The number of Topliss-reactive ketones (excluding diaryl/α,β-unsaturated/α-hetero) is 2. The second-order valence-electron chi connectivity index (χ2n) is 29.0. The molecule has 17 nitrogen and oxygen atoms in total. The second kappa shape index (κ2) is 39.7. The fraction of sp³-hybridized carbons (Fsp3) is 0.304. The molecule has 9 aromatic rings. The van der Waals surface area contributed by atoms with Crippen molar-refractivity contribution in [3.8, 4) is 34.5 Å². The Morgan fingerprint density at radius 3 is 1.64 bits per heavy atom. The number of likely N-dealkylation sites (tertiary alicyclic amines) is 1. The topological polar surface area (TPSA) is 221 Å². The molecule has 0 radical (unpaired) electrons. The van der Waals surface area contributed by atoms with Crippen molar-refractivity contribution in [2.24, 2.45) is 0 Å². The molecule has 3 saturated heterocycles. The second-order valence-corrected chi connectivity index (χ2v) is 29.8. The molecular weight excluding hydrogens is 1430 g/mol. The smallest absolute Gasteiger partial charge is 0.254 e. The van der Waals surface area contributed by atoms with E-state index in [1.165, 1.54) is 28.3 Å². The number of hydrogen-bond donors (Lipinski definition) is 5. The first-order valence-electron chi connectivity index (χ1n) is 38.2. The van der Waals surface area contributed by atoms with E-state index in [2.05, 4.69) is 67.3 Å². The van der Waals surface area contributed by atoms with Gasteiger partial charge in [0.15, 0.2) is 33.9 Å². The lowest BCUT2D eigenvalue weighted by atomic mass is 9.93. The molecule has 1 atom stereocenters. The number of thiocarbonyl (C=S) groups is 1. The number of rotatable bonds is 22. The Morgan fingerprint density at radius 2 is 1.05 bits per heavy atom. The van der Waals surface area contributed by atoms with Crippen molar-refractivity contribution in [3.63, 3.8) is 0 Å². The van der Waals surface area contributed by atoms with Crippen LogP contribution in [0.15, 0.2) is 211 Å². The van der Waals surface area contributed by atoms with Gasteiger partial charge in [-0.25, -0.2) is 0 Å². The predicted molar refractivity (Wildman–Crippen MR) is 439 cm³/mol. The maximum Gasteiger partial charge on any atom is 0.254 e. The molecule has 5 aliphatic heterocycles. The number of benzene rings is 9. The fourth-order valence-electron chi connectivity index (χ4n) is 14.1. The number of aryl methyl sites for hydroxylation is 6. The van der Waals surface area contributed by atoms with Gasteiger partial charge in [-0.15, -0.1) is 0 Å². The Labute approximate surface area is 661 Å². The van der Waals surface area contributed by atoms with Gasteiger partial charge in [-0.3, -0.25) is 33.8 Å². The average molecular weight is 1530 g/mol. The number of fused-ring (bicyclic) bond motifs is 3. The third kappa shape index (κ3) is 23.3. The van der Waals surface area contributed by atoms with Crippen molar-refractivity contribution in [2.45, 2.75) is 117 Å². The van der Waals surface area contributed by atoms with Gasteiger partial charge in [-0.2, -0.15) is 0 Å². The van der Waals surface area contributed by atoms with Gasteiger partial charge in [0.05, 0.1) is 26.3 Å². The molecule has 5 aliphatic rings. The zero-order chi connectivity index (χ0) is 78.3. The van der Waals surface area contributed by atoms with Crippen molar-refractivity contribution < 1.29 is 59.0 Å². The van der Waals surface area contributed by atoms with E-state index in [0.717, 1.165) is 134 Å². The molecule has 0 aromatic heterocycles. The highest BCUT2D eigenvalue weighted by atomic mass is 35.5. The van der Waals surface area contributed by atoms with E-state index in [9.17, 15) is 49.5 Å². The minimum absolute atomic E-state index is 0.0224. The van der Waals surface area contributed by atoms with E-state index in [1.54, 1.807) is 52.3 Å². The molecule has 9 aromatic carbocycles. The Bertz CT molecular complexity index is 4650. The number of carbonyl (C=O) groups is 5. The molecule has 0 aliphatic carbocycles. The minimum atomic E-state index is -0.262. The summed E-state index contributed by atoms with van der Waals surface area (Å²) in [5.74, 6) is 0.945. The summed E-state index contributed by atoms with van der Waals surface area (Å²) in [6.45, 7) is 13.7. The number of morpholine rings is 1. The summed E-state index contributed by atoms with van der Waals surface area (Å²) in [7, 11) is 0. The van der Waals surface area contributed by atoms with E-state index in [1.807, 2.05) is 132 Å². The molecule has 0 bridgehead atoms. The Kier molecular flexibility index (Phi) is 29.0. The van der Waals surface area contributed by atoms with Crippen LogP contribution in [0.2, 0.25) is 5.02 Å². The van der Waals surface area contributed by atoms with Crippen LogP contribution >= 0.6 is 23.8 Å². The van der Waals surface area contributed by atoms with Gasteiger partial charge in [0.25, 0.3) is 11.8 Å². The summed E-state index contributed by atoms with van der Waals surface area (Å²) in [4.78, 5) is 73.8. The highest BCUT2D eigenvalue weighted by Crippen LogP contribution is 2.36. The van der Waals surface area contributed by atoms with Gasteiger partial charge in [0, 0.05) is 93.2 Å². The van der Waals surface area contributed by atoms with Crippen LogP contribution in [0.5, 0.6) is 34.5 Å². The summed E-state index contributed by atoms with van der Waals surface area (Å²) < 4.78 is 11.3. The van der Waals surface area contributed by atoms with Crippen LogP contribution < -0.4 is 4.74 Å². The number of phenols is 5. The minimum Gasteiger partial charge on any atom is -0.508 e. The number of piperidine rings is 1. The van der Waals surface area contributed by atoms with Gasteiger partial charge in [-0.05, 0) is 224 Å². The van der Waals surface area contributed by atoms with Gasteiger partial charge < -0.3 is 49.7 Å². The lowest BCUT2D eigenvalue weighted by Gasteiger charge is -2.30. The molecule has 3 amide bonds. The van der Waals surface area contributed by atoms with Crippen LogP contribution in [0, 0.1) is 20.8 Å². The van der Waals surface area contributed by atoms with Crippen LogP contribution in [-0.4, -0.2) is 156 Å². The molecule has 0 saturated carbocycles. The van der Waals surface area contributed by atoms with E-state index in [4.69, 9.17) is 33.3 Å². The van der Waals surface area contributed by atoms with Crippen LogP contribution in [0.1, 0.15) is 121 Å². The Hall–Kier alpha value is -10.9. The molecule has 111 heavy (non-hydrogen) atoms. The van der Waals surface area contributed by atoms with Crippen molar-refractivity contribution in [2.75, 3.05) is 65.6 Å². The zero-order valence-electron chi connectivity index (χ0n) is 63.4. The highest BCUT2D eigenvalue weighted by Gasteiger charge is 2.45. The molecule has 14 rings (SSSR count). The van der Waals surface area contributed by atoms with Gasteiger partial charge in [0.2, 0.25) is 5.91 Å². The third-order valence-electron chi connectivity index (χ3n) is 20.6. The van der Waals surface area contributed by atoms with E-state index < -0.39 is 0 Å². The van der Waals surface area contributed by atoms with Crippen molar-refractivity contribution in [3.05, 3.63) is 294 Å². The number of carbonyl (C=O) groups excluding carboxylic acids is 5. The molecule has 3 fully saturated rings. The average Bonchev–Trinajstić information content (AvgIpc) is 1.63. The summed E-state index contributed by atoms with van der Waals surface area (Å²) in [6, 6.07) is 62.8. The number of hydrogen-bond acceptors (Lipinski definition) is 14.